The topological polar surface area (TPSA) is 12.4 Å². The monoisotopic (exact) mass is 257 g/mol. The molecule has 0 aliphatic carbocycles. The van der Waals surface area contributed by atoms with Gasteiger partial charge in [-0.3, -0.25) is 0 Å². The summed E-state index contributed by atoms with van der Waals surface area (Å²) in [6.45, 7) is 6.27. The predicted molar refractivity (Wildman–Crippen MR) is 73.1 cm³/mol. The summed E-state index contributed by atoms with van der Waals surface area (Å²) in [5.74, 6) is -0.214. The lowest BCUT2D eigenvalue weighted by molar-refractivity contribution is 0.624. The molecule has 0 radical (unpaired) electrons. The summed E-state index contributed by atoms with van der Waals surface area (Å²) in [5.41, 5.74) is 0.807. The molecular formula is C12H16FNS2. The number of rotatable bonds is 3. The molecule has 88 valence electrons. The van der Waals surface area contributed by atoms with Gasteiger partial charge in [-0.2, -0.15) is 0 Å². The molecule has 4 heteroatoms. The second-order valence-electron chi connectivity index (χ2n) is 4.36. The minimum Gasteiger partial charge on any atom is -0.223 e. The Balaban J connectivity index is 2.77. The summed E-state index contributed by atoms with van der Waals surface area (Å²) in [6.07, 6.45) is 3.64. The molecule has 0 heterocycles. The van der Waals surface area contributed by atoms with E-state index in [-0.39, 0.29) is 10.6 Å². The Morgan fingerprint density at radius 1 is 1.25 bits per heavy atom. The molecule has 0 aliphatic rings. The van der Waals surface area contributed by atoms with Crippen molar-refractivity contribution in [3.05, 3.63) is 29.6 Å². The van der Waals surface area contributed by atoms with Crippen molar-refractivity contribution in [3.63, 3.8) is 0 Å². The number of benzene rings is 1. The fourth-order valence-electron chi connectivity index (χ4n) is 1.02. The van der Waals surface area contributed by atoms with Gasteiger partial charge in [-0.1, -0.05) is 0 Å². The predicted octanol–water partition coefficient (Wildman–Crippen LogP) is 4.41. The van der Waals surface area contributed by atoms with E-state index in [9.17, 15) is 4.39 Å². The van der Waals surface area contributed by atoms with Crippen molar-refractivity contribution < 1.29 is 4.39 Å². The summed E-state index contributed by atoms with van der Waals surface area (Å²) >= 11 is 3.02. The molecule has 0 atom stereocenters. The van der Waals surface area contributed by atoms with Crippen LogP contribution in [0.25, 0.3) is 0 Å². The maximum atomic E-state index is 13.2. The molecule has 0 bridgehead atoms. The lowest BCUT2D eigenvalue weighted by Crippen LogP contribution is -2.04. The van der Waals surface area contributed by atoms with Crippen molar-refractivity contribution in [2.75, 3.05) is 6.26 Å². The van der Waals surface area contributed by atoms with E-state index in [1.807, 2.05) is 12.3 Å². The smallest absolute Gasteiger partial charge is 0.124 e. The van der Waals surface area contributed by atoms with E-state index in [1.54, 1.807) is 6.21 Å². The minimum atomic E-state index is -0.214. The summed E-state index contributed by atoms with van der Waals surface area (Å²) in [4.78, 5) is 0.919. The second-order valence-corrected chi connectivity index (χ2v) is 6.86. The molecule has 1 aromatic rings. The number of hydrogen-bond donors (Lipinski definition) is 0. The Kier molecular flexibility index (Phi) is 4.87. The normalized spacial score (nSPS) is 12.3. The van der Waals surface area contributed by atoms with Crippen molar-refractivity contribution in [2.24, 2.45) is 4.40 Å². The highest BCUT2D eigenvalue weighted by atomic mass is 32.2. The molecule has 0 aromatic heterocycles. The summed E-state index contributed by atoms with van der Waals surface area (Å²) in [6, 6.07) is 4.95. The first-order chi connectivity index (χ1) is 7.40. The molecule has 1 aromatic carbocycles. The Morgan fingerprint density at radius 2 is 1.94 bits per heavy atom. The third-order valence-corrected chi connectivity index (χ3v) is 3.12. The Bertz CT molecular complexity index is 383. The Hall–Kier alpha value is -0.480. The highest BCUT2D eigenvalue weighted by Gasteiger charge is 2.09. The highest BCUT2D eigenvalue weighted by Crippen LogP contribution is 2.24. The Labute approximate surface area is 105 Å². The number of halogens is 1. The zero-order chi connectivity index (χ0) is 12.2. The van der Waals surface area contributed by atoms with Crippen LogP contribution in [0.15, 0.2) is 27.5 Å². The molecule has 0 saturated carbocycles. The van der Waals surface area contributed by atoms with Crippen LogP contribution in [0, 0.1) is 5.82 Å². The molecular weight excluding hydrogens is 241 g/mol. The van der Waals surface area contributed by atoms with Gasteiger partial charge in [-0.25, -0.2) is 8.79 Å². The number of nitrogens with zero attached hydrogens (tertiary/aromatic N) is 1. The zero-order valence-electron chi connectivity index (χ0n) is 9.95. The quantitative estimate of drug-likeness (QED) is 0.451. The zero-order valence-corrected chi connectivity index (χ0v) is 11.6. The summed E-state index contributed by atoms with van der Waals surface area (Å²) in [7, 11) is 0. The van der Waals surface area contributed by atoms with E-state index >= 15 is 0 Å². The van der Waals surface area contributed by atoms with E-state index < -0.39 is 0 Å². The average Bonchev–Trinajstić information content (AvgIpc) is 2.14. The third-order valence-electron chi connectivity index (χ3n) is 1.66. The van der Waals surface area contributed by atoms with Gasteiger partial charge in [-0.15, -0.1) is 11.8 Å². The van der Waals surface area contributed by atoms with Gasteiger partial charge in [0.15, 0.2) is 0 Å². The first kappa shape index (κ1) is 13.6. The number of thioether (sulfide) groups is 1. The van der Waals surface area contributed by atoms with Crippen molar-refractivity contribution in [1.82, 2.24) is 0 Å². The van der Waals surface area contributed by atoms with Crippen LogP contribution in [0.2, 0.25) is 0 Å². The first-order valence-corrected chi connectivity index (χ1v) is 6.97. The van der Waals surface area contributed by atoms with E-state index in [1.165, 1.54) is 35.8 Å². The fraction of sp³-hybridized carbons (Fsp3) is 0.417. The van der Waals surface area contributed by atoms with Crippen LogP contribution < -0.4 is 0 Å². The van der Waals surface area contributed by atoms with Gasteiger partial charge in [0.25, 0.3) is 0 Å². The second kappa shape index (κ2) is 5.73. The largest absolute Gasteiger partial charge is 0.223 e. The fourth-order valence-corrected chi connectivity index (χ4v) is 2.00. The van der Waals surface area contributed by atoms with E-state index in [4.69, 9.17) is 0 Å². The van der Waals surface area contributed by atoms with E-state index in [0.29, 0.717) is 0 Å². The van der Waals surface area contributed by atoms with Gasteiger partial charge >= 0.3 is 0 Å². The maximum absolute atomic E-state index is 13.2. The van der Waals surface area contributed by atoms with Crippen LogP contribution in [0.5, 0.6) is 0 Å². The molecule has 0 aliphatic heterocycles. The lowest BCUT2D eigenvalue weighted by Gasteiger charge is -2.12. The summed E-state index contributed by atoms with van der Waals surface area (Å²) < 4.78 is 17.5. The van der Waals surface area contributed by atoms with Crippen LogP contribution >= 0.6 is 23.7 Å². The summed E-state index contributed by atoms with van der Waals surface area (Å²) in [5, 5.41) is 0. The molecule has 16 heavy (non-hydrogen) atoms. The van der Waals surface area contributed by atoms with Crippen LogP contribution in [0.3, 0.4) is 0 Å². The molecule has 0 unspecified atom stereocenters. The van der Waals surface area contributed by atoms with Crippen molar-refractivity contribution in [2.45, 2.75) is 30.4 Å². The van der Waals surface area contributed by atoms with Crippen molar-refractivity contribution in [3.8, 4) is 0 Å². The van der Waals surface area contributed by atoms with Crippen LogP contribution in [-0.4, -0.2) is 17.2 Å². The van der Waals surface area contributed by atoms with Crippen LogP contribution in [0.1, 0.15) is 26.3 Å². The molecule has 1 rings (SSSR count). The Morgan fingerprint density at radius 3 is 2.50 bits per heavy atom. The third kappa shape index (κ3) is 5.03. The average molecular weight is 257 g/mol. The van der Waals surface area contributed by atoms with Crippen molar-refractivity contribution in [1.29, 1.82) is 0 Å². The van der Waals surface area contributed by atoms with Crippen LogP contribution in [-0.2, 0) is 0 Å². The first-order valence-electron chi connectivity index (χ1n) is 4.97. The van der Waals surface area contributed by atoms with Gasteiger partial charge in [0.05, 0.1) is 0 Å². The molecule has 1 nitrogen and oxygen atoms in total. The van der Waals surface area contributed by atoms with Gasteiger partial charge in [-0.05, 0) is 62.7 Å². The SMILES string of the molecule is CSc1cc(F)cc(/C=N\SC(C)(C)C)c1. The van der Waals surface area contributed by atoms with Gasteiger partial charge in [0, 0.05) is 15.9 Å². The molecule has 0 spiro atoms. The van der Waals surface area contributed by atoms with Crippen molar-refractivity contribution >= 4 is 29.9 Å². The lowest BCUT2D eigenvalue weighted by atomic mass is 10.2. The molecule has 0 N–H and O–H groups in total. The van der Waals surface area contributed by atoms with Gasteiger partial charge in [0.1, 0.15) is 5.82 Å². The maximum Gasteiger partial charge on any atom is 0.124 e. The number of hydrogen-bond acceptors (Lipinski definition) is 3. The van der Waals surface area contributed by atoms with Gasteiger partial charge in [0.2, 0.25) is 0 Å². The molecule has 0 amide bonds. The highest BCUT2D eigenvalue weighted by molar-refractivity contribution is 7.99. The van der Waals surface area contributed by atoms with Gasteiger partial charge < -0.3 is 0 Å². The minimum absolute atomic E-state index is 0.0894. The standard InChI is InChI=1S/C12H16FNS2/c1-12(2,3)16-14-8-9-5-10(13)7-11(6-9)15-4/h5-8H,1-4H3/b14-8-. The molecule has 0 saturated heterocycles. The molecule has 0 fully saturated rings. The van der Waals surface area contributed by atoms with E-state index in [0.717, 1.165) is 10.5 Å². The van der Waals surface area contributed by atoms with Crippen LogP contribution in [0.4, 0.5) is 4.39 Å². The van der Waals surface area contributed by atoms with E-state index in [2.05, 4.69) is 25.2 Å².